The third-order valence-corrected chi connectivity index (χ3v) is 3.50. The van der Waals surface area contributed by atoms with Gasteiger partial charge in [-0.3, -0.25) is 0 Å². The molecule has 5 heteroatoms. The van der Waals surface area contributed by atoms with E-state index in [0.29, 0.717) is 11.6 Å². The van der Waals surface area contributed by atoms with E-state index in [9.17, 15) is 4.39 Å². The predicted octanol–water partition coefficient (Wildman–Crippen LogP) is 3.35. The third kappa shape index (κ3) is 2.74. The average molecular weight is 278 g/mol. The number of hydrogen-bond acceptors (Lipinski definition) is 3. The maximum Gasteiger partial charge on any atom is 0.223 e. The van der Waals surface area contributed by atoms with Gasteiger partial charge in [-0.2, -0.15) is 0 Å². The quantitative estimate of drug-likeness (QED) is 0.876. The largest absolute Gasteiger partial charge is 0.322 e. The summed E-state index contributed by atoms with van der Waals surface area (Å²) in [5.74, 6) is 0.214. The monoisotopic (exact) mass is 277 g/mol. The molecule has 1 heterocycles. The van der Waals surface area contributed by atoms with E-state index in [-0.39, 0.29) is 17.1 Å². The molecule has 1 aliphatic rings. The normalized spacial score (nSPS) is 16.4. The second-order valence-electron chi connectivity index (χ2n) is 4.82. The minimum absolute atomic E-state index is 0.0975. The lowest BCUT2D eigenvalue weighted by atomic mass is 10.1. The summed E-state index contributed by atoms with van der Waals surface area (Å²) in [5, 5.41) is 0.174. The van der Waals surface area contributed by atoms with Crippen LogP contribution < -0.4 is 5.73 Å². The van der Waals surface area contributed by atoms with Crippen molar-refractivity contribution in [2.45, 2.75) is 18.9 Å². The zero-order chi connectivity index (χ0) is 13.4. The number of nitrogens with two attached hydrogens (primary N) is 1. The molecule has 19 heavy (non-hydrogen) atoms. The molecule has 3 rings (SSSR count). The van der Waals surface area contributed by atoms with Crippen LogP contribution in [0.4, 0.5) is 4.39 Å². The van der Waals surface area contributed by atoms with Crippen molar-refractivity contribution in [3.8, 4) is 11.3 Å². The predicted molar refractivity (Wildman–Crippen MR) is 72.1 cm³/mol. The Kier molecular flexibility index (Phi) is 3.21. The molecule has 0 amide bonds. The smallest absolute Gasteiger partial charge is 0.223 e. The summed E-state index contributed by atoms with van der Waals surface area (Å²) in [6.45, 7) is 0. The molecule has 1 saturated carbocycles. The molecule has 98 valence electrons. The molecule has 2 aromatic rings. The molecule has 0 aliphatic heterocycles. The van der Waals surface area contributed by atoms with E-state index in [4.69, 9.17) is 17.3 Å². The van der Waals surface area contributed by atoms with Crippen LogP contribution >= 0.6 is 11.6 Å². The lowest BCUT2D eigenvalue weighted by molar-refractivity contribution is 0.613. The molecule has 1 atom stereocenters. The maximum absolute atomic E-state index is 12.9. The van der Waals surface area contributed by atoms with E-state index >= 15 is 0 Å². The van der Waals surface area contributed by atoms with Crippen LogP contribution in [0, 0.1) is 11.7 Å². The van der Waals surface area contributed by atoms with Gasteiger partial charge in [0.25, 0.3) is 0 Å². The second kappa shape index (κ2) is 4.87. The number of aromatic nitrogens is 2. The highest BCUT2D eigenvalue weighted by Gasteiger charge is 2.30. The van der Waals surface area contributed by atoms with E-state index in [2.05, 4.69) is 9.97 Å². The molecule has 1 aliphatic carbocycles. The van der Waals surface area contributed by atoms with Gasteiger partial charge in [0.15, 0.2) is 0 Å². The summed E-state index contributed by atoms with van der Waals surface area (Å²) in [4.78, 5) is 8.37. The fourth-order valence-electron chi connectivity index (χ4n) is 2.07. The van der Waals surface area contributed by atoms with Crippen molar-refractivity contribution in [1.82, 2.24) is 9.97 Å². The summed E-state index contributed by atoms with van der Waals surface area (Å²) >= 11 is 5.95. The minimum atomic E-state index is -0.279. The highest BCUT2D eigenvalue weighted by Crippen LogP contribution is 2.39. The summed E-state index contributed by atoms with van der Waals surface area (Å²) in [6.07, 6.45) is 2.27. The number of benzene rings is 1. The Labute approximate surface area is 115 Å². The van der Waals surface area contributed by atoms with E-state index < -0.39 is 0 Å². The summed E-state index contributed by atoms with van der Waals surface area (Å²) in [7, 11) is 0. The number of halogens is 2. The fraction of sp³-hybridized carbons (Fsp3) is 0.286. The Morgan fingerprint density at radius 3 is 2.53 bits per heavy atom. The fourth-order valence-corrected chi connectivity index (χ4v) is 2.26. The highest BCUT2D eigenvalue weighted by molar-refractivity contribution is 6.28. The molecular formula is C14H13ClFN3. The van der Waals surface area contributed by atoms with Gasteiger partial charge in [0.1, 0.15) is 5.82 Å². The van der Waals surface area contributed by atoms with Crippen molar-refractivity contribution in [3.05, 3.63) is 47.1 Å². The first-order valence-electron chi connectivity index (χ1n) is 6.19. The van der Waals surface area contributed by atoms with Gasteiger partial charge in [-0.15, -0.1) is 0 Å². The molecule has 0 radical (unpaired) electrons. The Hall–Kier alpha value is -1.52. The van der Waals surface area contributed by atoms with E-state index in [0.717, 1.165) is 24.1 Å². The summed E-state index contributed by atoms with van der Waals surface area (Å²) in [5.41, 5.74) is 8.36. The zero-order valence-electron chi connectivity index (χ0n) is 10.2. The van der Waals surface area contributed by atoms with E-state index in [1.165, 1.54) is 12.1 Å². The van der Waals surface area contributed by atoms with Gasteiger partial charge in [0.2, 0.25) is 5.28 Å². The number of nitrogens with zero attached hydrogens (tertiary/aromatic N) is 2. The van der Waals surface area contributed by atoms with Crippen molar-refractivity contribution in [2.24, 2.45) is 11.7 Å². The molecule has 2 N–H and O–H groups in total. The topological polar surface area (TPSA) is 51.8 Å². The Morgan fingerprint density at radius 1 is 1.21 bits per heavy atom. The van der Waals surface area contributed by atoms with Crippen LogP contribution in [0.25, 0.3) is 11.3 Å². The van der Waals surface area contributed by atoms with Crippen LogP contribution in [0.3, 0.4) is 0 Å². The van der Waals surface area contributed by atoms with Crippen LogP contribution in [0.1, 0.15) is 24.6 Å². The highest BCUT2D eigenvalue weighted by atomic mass is 35.5. The SMILES string of the molecule is NC(c1cc(-c2ccc(F)cc2)nc(Cl)n1)C1CC1. The van der Waals surface area contributed by atoms with Gasteiger partial charge < -0.3 is 5.73 Å². The Bertz CT molecular complexity index is 596. The summed E-state index contributed by atoms with van der Waals surface area (Å²) < 4.78 is 12.9. The van der Waals surface area contributed by atoms with Gasteiger partial charge in [0.05, 0.1) is 17.4 Å². The third-order valence-electron chi connectivity index (χ3n) is 3.33. The Balaban J connectivity index is 1.99. The lowest BCUT2D eigenvalue weighted by Crippen LogP contribution is -2.14. The average Bonchev–Trinajstić information content (AvgIpc) is 3.22. The van der Waals surface area contributed by atoms with Crippen molar-refractivity contribution in [1.29, 1.82) is 0 Å². The Morgan fingerprint density at radius 2 is 1.89 bits per heavy atom. The van der Waals surface area contributed by atoms with Crippen molar-refractivity contribution in [2.75, 3.05) is 0 Å². The first-order valence-corrected chi connectivity index (χ1v) is 6.57. The van der Waals surface area contributed by atoms with E-state index in [1.807, 2.05) is 6.07 Å². The van der Waals surface area contributed by atoms with Crippen molar-refractivity contribution in [3.63, 3.8) is 0 Å². The van der Waals surface area contributed by atoms with Gasteiger partial charge >= 0.3 is 0 Å². The summed E-state index contributed by atoms with van der Waals surface area (Å²) in [6, 6.07) is 7.86. The van der Waals surface area contributed by atoms with Gasteiger partial charge in [-0.25, -0.2) is 14.4 Å². The first-order chi connectivity index (χ1) is 9.13. The molecule has 0 spiro atoms. The van der Waals surface area contributed by atoms with Gasteiger partial charge in [-0.05, 0) is 60.7 Å². The number of rotatable bonds is 3. The minimum Gasteiger partial charge on any atom is -0.322 e. The standard InChI is InChI=1S/C14H13ClFN3/c15-14-18-11(8-3-5-10(16)6-4-8)7-12(19-14)13(17)9-1-2-9/h3-7,9,13H,1-2,17H2. The van der Waals surface area contributed by atoms with Crippen LogP contribution in [0.15, 0.2) is 30.3 Å². The van der Waals surface area contributed by atoms with Crippen LogP contribution in [-0.2, 0) is 0 Å². The van der Waals surface area contributed by atoms with Gasteiger partial charge in [-0.1, -0.05) is 0 Å². The van der Waals surface area contributed by atoms with Crippen LogP contribution in [0.5, 0.6) is 0 Å². The molecule has 0 bridgehead atoms. The van der Waals surface area contributed by atoms with Crippen LogP contribution in [0.2, 0.25) is 5.28 Å². The maximum atomic E-state index is 12.9. The first kappa shape index (κ1) is 12.5. The lowest BCUT2D eigenvalue weighted by Gasteiger charge is -2.11. The molecule has 1 fully saturated rings. The number of hydrogen-bond donors (Lipinski definition) is 1. The van der Waals surface area contributed by atoms with Crippen molar-refractivity contribution < 1.29 is 4.39 Å². The molecule has 1 aromatic heterocycles. The molecule has 3 nitrogen and oxygen atoms in total. The van der Waals surface area contributed by atoms with Crippen molar-refractivity contribution >= 4 is 11.6 Å². The molecule has 1 unspecified atom stereocenters. The van der Waals surface area contributed by atoms with E-state index in [1.54, 1.807) is 12.1 Å². The molecular weight excluding hydrogens is 265 g/mol. The zero-order valence-corrected chi connectivity index (χ0v) is 10.9. The molecule has 0 saturated heterocycles. The second-order valence-corrected chi connectivity index (χ2v) is 5.16. The van der Waals surface area contributed by atoms with Crippen LogP contribution in [-0.4, -0.2) is 9.97 Å². The van der Waals surface area contributed by atoms with Gasteiger partial charge in [0, 0.05) is 5.56 Å². The molecule has 1 aromatic carbocycles.